The normalized spacial score (nSPS) is 12.7. The van der Waals surface area contributed by atoms with Crippen LogP contribution in [0, 0.1) is 6.92 Å². The second-order valence-electron chi connectivity index (χ2n) is 10.0. The van der Waals surface area contributed by atoms with Gasteiger partial charge in [-0.15, -0.1) is 0 Å². The number of carbonyl (C=O) groups excluding carboxylic acids is 2. The quantitative estimate of drug-likeness (QED) is 0.241. The number of amides is 2. The molecule has 0 aliphatic carbocycles. The monoisotopic (exact) mass is 633 g/mol. The van der Waals surface area contributed by atoms with Crippen molar-refractivity contribution in [2.75, 3.05) is 17.5 Å². The van der Waals surface area contributed by atoms with Crippen LogP contribution in [0.2, 0.25) is 10.0 Å². The third kappa shape index (κ3) is 8.40. The maximum Gasteiger partial charge on any atom is 0.264 e. The molecule has 2 atom stereocenters. The van der Waals surface area contributed by atoms with Crippen molar-refractivity contribution in [2.24, 2.45) is 0 Å². The molecule has 2 amide bonds. The van der Waals surface area contributed by atoms with Crippen LogP contribution in [-0.4, -0.2) is 50.4 Å². The van der Waals surface area contributed by atoms with Crippen LogP contribution in [0.25, 0.3) is 0 Å². The van der Waals surface area contributed by atoms with E-state index in [9.17, 15) is 18.0 Å². The van der Waals surface area contributed by atoms with E-state index in [1.165, 1.54) is 17.0 Å². The number of rotatable bonds is 13. The number of hydrogen-bond donors (Lipinski definition) is 1. The summed E-state index contributed by atoms with van der Waals surface area (Å²) in [5.74, 6) is -0.389. The van der Waals surface area contributed by atoms with Gasteiger partial charge in [-0.1, -0.05) is 53.9 Å². The van der Waals surface area contributed by atoms with Crippen LogP contribution in [0.15, 0.2) is 71.6 Å². The van der Waals surface area contributed by atoms with Crippen LogP contribution in [0.4, 0.5) is 5.69 Å². The average Bonchev–Trinajstić information content (AvgIpc) is 2.96. The Kier molecular flexibility index (Phi) is 11.7. The number of hydrogen-bond acceptors (Lipinski definition) is 5. The van der Waals surface area contributed by atoms with E-state index in [1.54, 1.807) is 61.5 Å². The van der Waals surface area contributed by atoms with Crippen molar-refractivity contribution in [2.45, 2.75) is 64.6 Å². The van der Waals surface area contributed by atoms with Gasteiger partial charge in [0.15, 0.2) is 0 Å². The lowest BCUT2D eigenvalue weighted by Gasteiger charge is -2.32. The van der Waals surface area contributed by atoms with Crippen molar-refractivity contribution in [3.05, 3.63) is 87.9 Å². The van der Waals surface area contributed by atoms with E-state index in [0.717, 1.165) is 9.87 Å². The van der Waals surface area contributed by atoms with Gasteiger partial charge in [0.2, 0.25) is 11.8 Å². The van der Waals surface area contributed by atoms with Gasteiger partial charge in [-0.25, -0.2) is 8.42 Å². The Hall–Kier alpha value is -3.27. The minimum Gasteiger partial charge on any atom is -0.494 e. The molecule has 11 heteroatoms. The number of anilines is 1. The Bertz CT molecular complexity index is 1480. The highest BCUT2D eigenvalue weighted by atomic mass is 35.5. The third-order valence-corrected chi connectivity index (χ3v) is 9.36. The van der Waals surface area contributed by atoms with Gasteiger partial charge in [0.25, 0.3) is 10.0 Å². The average molecular weight is 635 g/mol. The fourth-order valence-corrected chi connectivity index (χ4v) is 5.86. The Labute approximate surface area is 258 Å². The molecule has 0 aromatic heterocycles. The number of ether oxygens (including phenoxy) is 1. The maximum atomic E-state index is 14.0. The molecule has 0 saturated heterocycles. The summed E-state index contributed by atoms with van der Waals surface area (Å²) in [5, 5.41) is 3.57. The first-order chi connectivity index (χ1) is 19.9. The van der Waals surface area contributed by atoms with Crippen LogP contribution >= 0.6 is 23.2 Å². The lowest BCUT2D eigenvalue weighted by molar-refractivity contribution is -0.139. The minimum absolute atomic E-state index is 0.00192. The van der Waals surface area contributed by atoms with Crippen molar-refractivity contribution in [1.82, 2.24) is 10.2 Å². The van der Waals surface area contributed by atoms with Crippen molar-refractivity contribution >= 4 is 50.7 Å². The van der Waals surface area contributed by atoms with Crippen molar-refractivity contribution in [1.29, 1.82) is 0 Å². The molecule has 0 unspecified atom stereocenters. The molecule has 0 bridgehead atoms. The Balaban J connectivity index is 2.03. The molecule has 0 heterocycles. The zero-order valence-corrected chi connectivity index (χ0v) is 26.8. The third-order valence-electron chi connectivity index (χ3n) is 6.83. The Morgan fingerprint density at radius 2 is 1.57 bits per heavy atom. The van der Waals surface area contributed by atoms with Gasteiger partial charge in [-0.2, -0.15) is 0 Å². The highest BCUT2D eigenvalue weighted by Crippen LogP contribution is 2.27. The van der Waals surface area contributed by atoms with Crippen LogP contribution in [-0.2, 0) is 26.2 Å². The van der Waals surface area contributed by atoms with Crippen LogP contribution in [0.1, 0.15) is 45.2 Å². The van der Waals surface area contributed by atoms with Crippen LogP contribution in [0.3, 0.4) is 0 Å². The fourth-order valence-electron chi connectivity index (χ4n) is 4.12. The molecule has 0 aliphatic heterocycles. The Morgan fingerprint density at radius 3 is 2.14 bits per heavy atom. The molecule has 42 heavy (non-hydrogen) atoms. The predicted octanol–water partition coefficient (Wildman–Crippen LogP) is 6.23. The van der Waals surface area contributed by atoms with Crippen molar-refractivity contribution in [3.63, 3.8) is 0 Å². The first-order valence-electron chi connectivity index (χ1n) is 13.7. The smallest absolute Gasteiger partial charge is 0.264 e. The second-order valence-corrected chi connectivity index (χ2v) is 12.7. The van der Waals surface area contributed by atoms with Gasteiger partial charge in [-0.3, -0.25) is 13.9 Å². The SMILES string of the molecule is CCOc1ccc(S(=O)(=O)N(CC(=O)N(Cc2ccc(Cl)c(Cl)c2)[C@H](C)C(=O)N[C@H](C)CC)c2ccc(C)cc2)cc1. The summed E-state index contributed by atoms with van der Waals surface area (Å²) in [6.07, 6.45) is 0.709. The number of carbonyl (C=O) groups is 2. The standard InChI is InChI=1S/C31H37Cl2N3O5S/c1-6-22(4)34-31(38)23(5)35(19-24-10-17-28(32)29(33)18-24)30(37)20-36(25-11-8-21(3)9-12-25)42(39,40)27-15-13-26(14-16-27)41-7-2/h8-18,22-23H,6-7,19-20H2,1-5H3,(H,34,38)/t22-,23-/m1/s1. The zero-order chi connectivity index (χ0) is 31.0. The van der Waals surface area contributed by atoms with Gasteiger partial charge in [-0.05, 0) is 88.2 Å². The highest BCUT2D eigenvalue weighted by molar-refractivity contribution is 7.92. The van der Waals surface area contributed by atoms with Crippen molar-refractivity contribution in [3.8, 4) is 5.75 Å². The van der Waals surface area contributed by atoms with E-state index in [1.807, 2.05) is 27.7 Å². The number of benzene rings is 3. The molecule has 0 fully saturated rings. The Morgan fingerprint density at radius 1 is 0.929 bits per heavy atom. The summed E-state index contributed by atoms with van der Waals surface area (Å²) < 4.78 is 34.5. The first-order valence-corrected chi connectivity index (χ1v) is 15.9. The van der Waals surface area contributed by atoms with Gasteiger partial charge in [0.05, 0.1) is 27.2 Å². The van der Waals surface area contributed by atoms with E-state index in [-0.39, 0.29) is 23.4 Å². The van der Waals surface area contributed by atoms with Gasteiger partial charge in [0.1, 0.15) is 18.3 Å². The molecule has 3 aromatic carbocycles. The number of sulfonamides is 1. The highest BCUT2D eigenvalue weighted by Gasteiger charge is 2.33. The molecule has 0 radical (unpaired) electrons. The minimum atomic E-state index is -4.19. The lowest BCUT2D eigenvalue weighted by atomic mass is 10.1. The van der Waals surface area contributed by atoms with E-state index < -0.39 is 28.5 Å². The molecule has 3 rings (SSSR count). The van der Waals surface area contributed by atoms with E-state index in [4.69, 9.17) is 27.9 Å². The summed E-state index contributed by atoms with van der Waals surface area (Å²) in [6, 6.07) is 16.8. The summed E-state index contributed by atoms with van der Waals surface area (Å²) in [6.45, 7) is 9.06. The van der Waals surface area contributed by atoms with E-state index >= 15 is 0 Å². The fraction of sp³-hybridized carbons (Fsp3) is 0.355. The first kappa shape index (κ1) is 33.2. The molecular formula is C31H37Cl2N3O5S. The van der Waals surface area contributed by atoms with Gasteiger partial charge >= 0.3 is 0 Å². The number of aryl methyl sites for hydroxylation is 1. The van der Waals surface area contributed by atoms with Crippen molar-refractivity contribution < 1.29 is 22.7 Å². The van der Waals surface area contributed by atoms with Crippen LogP contribution < -0.4 is 14.4 Å². The summed E-state index contributed by atoms with van der Waals surface area (Å²) in [5.41, 5.74) is 1.88. The van der Waals surface area contributed by atoms with E-state index in [0.29, 0.717) is 40.1 Å². The van der Waals surface area contributed by atoms with E-state index in [2.05, 4.69) is 5.32 Å². The maximum absolute atomic E-state index is 14.0. The van der Waals surface area contributed by atoms with Gasteiger partial charge < -0.3 is 15.0 Å². The molecule has 0 spiro atoms. The topological polar surface area (TPSA) is 96.0 Å². The molecule has 0 aliphatic rings. The summed E-state index contributed by atoms with van der Waals surface area (Å²) >= 11 is 12.3. The number of nitrogens with zero attached hydrogens (tertiary/aromatic N) is 2. The number of nitrogens with one attached hydrogen (secondary N) is 1. The lowest BCUT2D eigenvalue weighted by Crippen LogP contribution is -2.52. The molecular weight excluding hydrogens is 597 g/mol. The molecule has 226 valence electrons. The molecule has 3 aromatic rings. The molecule has 8 nitrogen and oxygen atoms in total. The second kappa shape index (κ2) is 14.8. The molecule has 0 saturated carbocycles. The summed E-state index contributed by atoms with van der Waals surface area (Å²) in [7, 11) is -4.19. The zero-order valence-electron chi connectivity index (χ0n) is 24.4. The van der Waals surface area contributed by atoms with Crippen LogP contribution in [0.5, 0.6) is 5.75 Å². The molecule has 1 N–H and O–H groups in total. The predicted molar refractivity (Wildman–Crippen MR) is 168 cm³/mol. The largest absolute Gasteiger partial charge is 0.494 e. The van der Waals surface area contributed by atoms with Gasteiger partial charge in [0, 0.05) is 12.6 Å². The summed E-state index contributed by atoms with van der Waals surface area (Å²) in [4.78, 5) is 28.6. The number of halogens is 2.